The summed E-state index contributed by atoms with van der Waals surface area (Å²) in [6.07, 6.45) is 4.55. The number of carboxylic acid groups (broad SMARTS) is 1. The summed E-state index contributed by atoms with van der Waals surface area (Å²) in [6.45, 7) is 10.8. The van der Waals surface area contributed by atoms with Gasteiger partial charge in [-0.05, 0) is 74.7 Å². The van der Waals surface area contributed by atoms with Gasteiger partial charge in [-0.3, -0.25) is 25.2 Å². The molecule has 0 saturated heterocycles. The van der Waals surface area contributed by atoms with Crippen LogP contribution in [0.5, 0.6) is 0 Å². The zero-order chi connectivity index (χ0) is 23.4. The first-order chi connectivity index (χ1) is 15.0. The van der Waals surface area contributed by atoms with Crippen LogP contribution < -0.4 is 10.9 Å². The second-order valence-corrected chi connectivity index (χ2v) is 11.9. The van der Waals surface area contributed by atoms with E-state index in [2.05, 4.69) is 31.6 Å². The van der Waals surface area contributed by atoms with Crippen LogP contribution in [-0.4, -0.2) is 22.9 Å². The van der Waals surface area contributed by atoms with E-state index in [-0.39, 0.29) is 23.2 Å². The van der Waals surface area contributed by atoms with Gasteiger partial charge in [0.15, 0.2) is 0 Å². The van der Waals surface area contributed by atoms with Gasteiger partial charge in [0.25, 0.3) is 5.91 Å². The standard InChI is InChI=1S/C25H34N2O4S/c1-12(2)19-15-8-9-16(19)21(24(30)31)20(15)23(29)27-26-22(28)17-11-32-18-10-13(25(3,4)5)6-7-14(17)18/h11,13,15-16,20-21H,6-10H2,1-5H3,(H,26,28)(H,27,29)(H,30,31)/t13-,15-,16+,20-,21-/m0/s1. The molecule has 1 aromatic rings. The van der Waals surface area contributed by atoms with E-state index in [4.69, 9.17) is 0 Å². The second kappa shape index (κ2) is 8.32. The van der Waals surface area contributed by atoms with Crippen LogP contribution in [0.1, 0.15) is 74.7 Å². The molecule has 1 heterocycles. The molecular formula is C25H34N2O4S. The Morgan fingerprint density at radius 1 is 1.03 bits per heavy atom. The minimum absolute atomic E-state index is 0.0498. The summed E-state index contributed by atoms with van der Waals surface area (Å²) in [5.74, 6) is -2.53. The Bertz CT molecular complexity index is 983. The zero-order valence-electron chi connectivity index (χ0n) is 19.6. The number of fused-ring (bicyclic) bond motifs is 3. The molecule has 0 aromatic carbocycles. The van der Waals surface area contributed by atoms with Crippen LogP contribution in [-0.2, 0) is 22.4 Å². The lowest BCUT2D eigenvalue weighted by Gasteiger charge is -2.34. The molecule has 2 saturated carbocycles. The van der Waals surface area contributed by atoms with Gasteiger partial charge >= 0.3 is 5.97 Å². The second-order valence-electron chi connectivity index (χ2n) is 10.9. The van der Waals surface area contributed by atoms with Crippen molar-refractivity contribution in [3.05, 3.63) is 32.5 Å². The highest BCUT2D eigenvalue weighted by Crippen LogP contribution is 2.57. The first-order valence-electron chi connectivity index (χ1n) is 11.6. The molecule has 0 aliphatic heterocycles. The third kappa shape index (κ3) is 3.89. The Kier molecular flexibility index (Phi) is 5.99. The molecule has 3 aliphatic carbocycles. The highest BCUT2D eigenvalue weighted by molar-refractivity contribution is 7.10. The maximum Gasteiger partial charge on any atom is 0.307 e. The molecule has 5 atom stereocenters. The van der Waals surface area contributed by atoms with Gasteiger partial charge in [0.1, 0.15) is 0 Å². The predicted octanol–water partition coefficient (Wildman–Crippen LogP) is 4.35. The Morgan fingerprint density at radius 2 is 1.69 bits per heavy atom. The third-order valence-corrected chi connectivity index (χ3v) is 8.98. The molecule has 3 N–H and O–H groups in total. The Hall–Kier alpha value is -2.15. The van der Waals surface area contributed by atoms with Crippen molar-refractivity contribution >= 4 is 29.1 Å². The van der Waals surface area contributed by atoms with Crippen molar-refractivity contribution in [1.82, 2.24) is 10.9 Å². The number of hydrogen-bond acceptors (Lipinski definition) is 4. The van der Waals surface area contributed by atoms with Crippen molar-refractivity contribution in [2.45, 2.75) is 66.7 Å². The number of carbonyl (C=O) groups excluding carboxylic acids is 2. The Balaban J connectivity index is 1.44. The number of hydrazine groups is 1. The molecule has 4 rings (SSSR count). The fraction of sp³-hybridized carbons (Fsp3) is 0.640. The molecule has 174 valence electrons. The van der Waals surface area contributed by atoms with E-state index in [9.17, 15) is 19.5 Å². The molecule has 6 nitrogen and oxygen atoms in total. The van der Waals surface area contributed by atoms with Gasteiger partial charge < -0.3 is 5.11 Å². The van der Waals surface area contributed by atoms with E-state index in [1.165, 1.54) is 4.88 Å². The average molecular weight is 459 g/mol. The van der Waals surface area contributed by atoms with Crippen LogP contribution in [0.2, 0.25) is 0 Å². The molecule has 2 bridgehead atoms. The van der Waals surface area contributed by atoms with Crippen LogP contribution in [0.3, 0.4) is 0 Å². The van der Waals surface area contributed by atoms with E-state index in [0.29, 0.717) is 11.5 Å². The molecule has 2 fully saturated rings. The number of hydrogen-bond donors (Lipinski definition) is 3. The predicted molar refractivity (Wildman–Crippen MR) is 124 cm³/mol. The minimum Gasteiger partial charge on any atom is -0.481 e. The van der Waals surface area contributed by atoms with E-state index >= 15 is 0 Å². The van der Waals surface area contributed by atoms with Crippen LogP contribution in [0, 0.1) is 35.0 Å². The Morgan fingerprint density at radius 3 is 2.28 bits per heavy atom. The van der Waals surface area contributed by atoms with Crippen molar-refractivity contribution in [2.24, 2.45) is 35.0 Å². The van der Waals surface area contributed by atoms with Crippen molar-refractivity contribution in [3.8, 4) is 0 Å². The van der Waals surface area contributed by atoms with Gasteiger partial charge in [-0.1, -0.05) is 31.9 Å². The monoisotopic (exact) mass is 458 g/mol. The molecular weight excluding hydrogens is 424 g/mol. The van der Waals surface area contributed by atoms with Crippen molar-refractivity contribution < 1.29 is 19.5 Å². The quantitative estimate of drug-likeness (QED) is 0.463. The maximum absolute atomic E-state index is 13.0. The van der Waals surface area contributed by atoms with Gasteiger partial charge in [0.05, 0.1) is 17.4 Å². The van der Waals surface area contributed by atoms with Crippen LogP contribution in [0.15, 0.2) is 16.5 Å². The van der Waals surface area contributed by atoms with Gasteiger partial charge in [-0.15, -0.1) is 11.3 Å². The molecule has 0 spiro atoms. The molecule has 1 aromatic heterocycles. The van der Waals surface area contributed by atoms with E-state index in [1.54, 1.807) is 11.3 Å². The molecule has 3 aliphatic rings. The summed E-state index contributed by atoms with van der Waals surface area (Å²) in [6, 6.07) is 0. The number of allylic oxidation sites excluding steroid dienone is 2. The molecule has 2 amide bonds. The topological polar surface area (TPSA) is 95.5 Å². The number of thiophene rings is 1. The fourth-order valence-corrected chi connectivity index (χ4v) is 7.48. The summed E-state index contributed by atoms with van der Waals surface area (Å²) in [5.41, 5.74) is 9.34. The lowest BCUT2D eigenvalue weighted by Crippen LogP contribution is -2.48. The molecule has 0 radical (unpaired) electrons. The number of amides is 2. The number of aliphatic carboxylic acids is 1. The zero-order valence-corrected chi connectivity index (χ0v) is 20.4. The van der Waals surface area contributed by atoms with Crippen molar-refractivity contribution in [1.29, 1.82) is 0 Å². The van der Waals surface area contributed by atoms with Gasteiger partial charge in [-0.2, -0.15) is 0 Å². The Labute approximate surface area is 193 Å². The van der Waals surface area contributed by atoms with Gasteiger partial charge in [-0.25, -0.2) is 0 Å². The highest BCUT2D eigenvalue weighted by Gasteiger charge is 2.57. The van der Waals surface area contributed by atoms with E-state index in [0.717, 1.165) is 48.8 Å². The van der Waals surface area contributed by atoms with Gasteiger partial charge in [0.2, 0.25) is 5.91 Å². The largest absolute Gasteiger partial charge is 0.481 e. The number of nitrogens with one attached hydrogen (secondary N) is 2. The summed E-state index contributed by atoms with van der Waals surface area (Å²) < 4.78 is 0. The smallest absolute Gasteiger partial charge is 0.307 e. The summed E-state index contributed by atoms with van der Waals surface area (Å²) in [4.78, 5) is 39.1. The lowest BCUT2D eigenvalue weighted by molar-refractivity contribution is -0.149. The molecule has 7 heteroatoms. The summed E-state index contributed by atoms with van der Waals surface area (Å²) in [5, 5.41) is 11.7. The lowest BCUT2D eigenvalue weighted by atomic mass is 9.72. The molecule has 32 heavy (non-hydrogen) atoms. The normalized spacial score (nSPS) is 28.9. The van der Waals surface area contributed by atoms with Crippen LogP contribution in [0.25, 0.3) is 0 Å². The first-order valence-corrected chi connectivity index (χ1v) is 12.5. The average Bonchev–Trinajstić information content (AvgIpc) is 3.41. The minimum atomic E-state index is -0.928. The van der Waals surface area contributed by atoms with Crippen LogP contribution >= 0.6 is 11.3 Å². The first kappa shape index (κ1) is 23.0. The maximum atomic E-state index is 13.0. The summed E-state index contributed by atoms with van der Waals surface area (Å²) in [7, 11) is 0. The van der Waals surface area contributed by atoms with Gasteiger partial charge in [0, 0.05) is 10.3 Å². The third-order valence-electron chi connectivity index (χ3n) is 7.93. The van der Waals surface area contributed by atoms with E-state index in [1.807, 2.05) is 19.2 Å². The number of rotatable bonds is 3. The summed E-state index contributed by atoms with van der Waals surface area (Å²) >= 11 is 1.62. The van der Waals surface area contributed by atoms with Crippen molar-refractivity contribution in [2.75, 3.05) is 0 Å². The van der Waals surface area contributed by atoms with Crippen LogP contribution in [0.4, 0.5) is 0 Å². The fourth-order valence-electron chi connectivity index (χ4n) is 6.32. The van der Waals surface area contributed by atoms with Crippen molar-refractivity contribution in [3.63, 3.8) is 0 Å². The SMILES string of the molecule is CC(C)=C1[C@H]2CC[C@@H]1[C@H](C(=O)NNC(=O)c1csc3c1CC[C@H](C(C)(C)C)C3)[C@H]2C(=O)O. The number of carboxylic acids is 1. The highest BCUT2D eigenvalue weighted by atomic mass is 32.1. The molecule has 0 unspecified atom stereocenters. The number of carbonyl (C=O) groups is 3. The van der Waals surface area contributed by atoms with E-state index < -0.39 is 23.7 Å².